The van der Waals surface area contributed by atoms with E-state index in [1.54, 1.807) is 0 Å². The van der Waals surface area contributed by atoms with Crippen molar-refractivity contribution in [3.8, 4) is 22.8 Å². The van der Waals surface area contributed by atoms with E-state index in [-0.39, 0.29) is 0 Å². The van der Waals surface area contributed by atoms with Crippen LogP contribution in [0, 0.1) is 13.8 Å². The Morgan fingerprint density at radius 3 is 2.40 bits per heavy atom. The van der Waals surface area contributed by atoms with E-state index in [9.17, 15) is 0 Å². The first-order valence-corrected chi connectivity index (χ1v) is 14.2. The minimum Gasteiger partial charge on any atom is -0.457 e. The highest BCUT2D eigenvalue weighted by Crippen LogP contribution is 2.40. The summed E-state index contributed by atoms with van der Waals surface area (Å²) < 4.78 is 8.79. The number of hydrogen-bond donors (Lipinski definition) is 0. The summed E-state index contributed by atoms with van der Waals surface area (Å²) in [5, 5.41) is 3.39. The van der Waals surface area contributed by atoms with Crippen molar-refractivity contribution >= 4 is 44.5 Å². The summed E-state index contributed by atoms with van der Waals surface area (Å²) in [6.45, 7) is 5.07. The molecule has 204 valence electrons. The highest BCUT2D eigenvalue weighted by Gasteiger charge is 2.25. The van der Waals surface area contributed by atoms with E-state index in [0.29, 0.717) is 0 Å². The maximum absolute atomic E-state index is 6.49. The number of aromatic nitrogens is 3. The fraction of sp³-hybridized carbons (Fsp3) is 0.111. The second kappa shape index (κ2) is 9.35. The van der Waals surface area contributed by atoms with Crippen LogP contribution in [-0.4, -0.2) is 28.1 Å². The predicted molar refractivity (Wildman–Crippen MR) is 171 cm³/mol. The molecular weight excluding hydrogens is 518 g/mol. The van der Waals surface area contributed by atoms with Gasteiger partial charge in [-0.05, 0) is 78.9 Å². The van der Waals surface area contributed by atoms with E-state index in [2.05, 4.69) is 113 Å². The summed E-state index contributed by atoms with van der Waals surface area (Å²) in [5.41, 5.74) is 9.01. The minimum absolute atomic E-state index is 0.736. The van der Waals surface area contributed by atoms with Crippen molar-refractivity contribution in [2.75, 3.05) is 23.5 Å². The Kier molecular flexibility index (Phi) is 5.44. The standard InChI is InChI=1S/C36H29N5O/c1-23-9-6-10-24(2)34(23)33-21-38-35-30-20-27(16-17-28(30)29-13-4-5-14-31(29)41(33)35)42-26-12-7-11-25(19-26)40-22-39(3)32-15-8-18-37-36(32)40/h4-21H,22H2,1-3H3. The fourth-order valence-corrected chi connectivity index (χ4v) is 6.39. The quantitative estimate of drug-likeness (QED) is 0.206. The van der Waals surface area contributed by atoms with Crippen LogP contribution in [0.1, 0.15) is 11.1 Å². The predicted octanol–water partition coefficient (Wildman–Crippen LogP) is 8.66. The third kappa shape index (κ3) is 3.72. The zero-order valence-corrected chi connectivity index (χ0v) is 23.7. The average Bonchev–Trinajstić information content (AvgIpc) is 3.59. The number of rotatable bonds is 4. The molecule has 0 radical (unpaired) electrons. The Morgan fingerprint density at radius 1 is 0.714 bits per heavy atom. The molecule has 0 bridgehead atoms. The monoisotopic (exact) mass is 547 g/mol. The molecule has 4 aromatic carbocycles. The van der Waals surface area contributed by atoms with Crippen LogP contribution in [0.5, 0.6) is 11.5 Å². The third-order valence-electron chi connectivity index (χ3n) is 8.32. The number of benzene rings is 4. The molecule has 4 heterocycles. The number of para-hydroxylation sites is 1. The summed E-state index contributed by atoms with van der Waals surface area (Å²) in [5.74, 6) is 2.50. The van der Waals surface area contributed by atoms with Gasteiger partial charge in [0.25, 0.3) is 0 Å². The summed E-state index contributed by atoms with van der Waals surface area (Å²) in [4.78, 5) is 14.0. The average molecular weight is 548 g/mol. The lowest BCUT2D eigenvalue weighted by Crippen LogP contribution is -2.24. The second-order valence-electron chi connectivity index (χ2n) is 11.0. The second-order valence-corrected chi connectivity index (χ2v) is 11.0. The first-order valence-electron chi connectivity index (χ1n) is 14.2. The van der Waals surface area contributed by atoms with Crippen molar-refractivity contribution in [2.24, 2.45) is 0 Å². The molecule has 0 fully saturated rings. The number of hydrogen-bond acceptors (Lipinski definition) is 5. The number of aryl methyl sites for hydroxylation is 2. The number of fused-ring (bicyclic) bond motifs is 7. The number of nitrogens with zero attached hydrogens (tertiary/aromatic N) is 5. The van der Waals surface area contributed by atoms with E-state index in [1.165, 1.54) is 22.1 Å². The zero-order valence-electron chi connectivity index (χ0n) is 23.7. The van der Waals surface area contributed by atoms with Gasteiger partial charge >= 0.3 is 0 Å². The van der Waals surface area contributed by atoms with Crippen molar-refractivity contribution in [3.63, 3.8) is 0 Å². The van der Waals surface area contributed by atoms with Crippen LogP contribution >= 0.6 is 0 Å². The molecule has 0 amide bonds. The molecule has 1 aliphatic heterocycles. The van der Waals surface area contributed by atoms with Crippen molar-refractivity contribution in [1.29, 1.82) is 0 Å². The first kappa shape index (κ1) is 24.4. The van der Waals surface area contributed by atoms with Crippen molar-refractivity contribution in [1.82, 2.24) is 14.4 Å². The molecule has 0 saturated carbocycles. The maximum atomic E-state index is 6.49. The Bertz CT molecular complexity index is 2140. The molecule has 7 aromatic rings. The molecule has 1 aliphatic rings. The molecule has 0 unspecified atom stereocenters. The highest BCUT2D eigenvalue weighted by atomic mass is 16.5. The molecular formula is C36H29N5O. The van der Waals surface area contributed by atoms with Gasteiger partial charge in [-0.2, -0.15) is 0 Å². The summed E-state index contributed by atoms with van der Waals surface area (Å²) in [6, 6.07) is 33.6. The SMILES string of the molecule is Cc1cccc(C)c1-c1cnc2c3cc(Oc4cccc(N5CN(C)c6cccnc65)c4)ccc3c3ccccc3n12. The molecule has 42 heavy (non-hydrogen) atoms. The molecule has 6 nitrogen and oxygen atoms in total. The van der Waals surface area contributed by atoms with Crippen molar-refractivity contribution in [2.45, 2.75) is 13.8 Å². The Morgan fingerprint density at radius 2 is 1.52 bits per heavy atom. The van der Waals surface area contributed by atoms with Gasteiger partial charge < -0.3 is 14.5 Å². The van der Waals surface area contributed by atoms with Crippen LogP contribution < -0.4 is 14.5 Å². The Balaban J connectivity index is 1.24. The van der Waals surface area contributed by atoms with Gasteiger partial charge in [0, 0.05) is 41.3 Å². The maximum Gasteiger partial charge on any atom is 0.158 e. The first-order chi connectivity index (χ1) is 20.6. The molecule has 0 saturated heterocycles. The van der Waals surface area contributed by atoms with Crippen LogP contribution in [0.4, 0.5) is 17.2 Å². The van der Waals surface area contributed by atoms with Crippen molar-refractivity contribution in [3.05, 3.63) is 121 Å². The molecule has 8 rings (SSSR count). The molecule has 6 heteroatoms. The third-order valence-corrected chi connectivity index (χ3v) is 8.32. The summed E-state index contributed by atoms with van der Waals surface area (Å²) >= 11 is 0. The van der Waals surface area contributed by atoms with Gasteiger partial charge in [0.2, 0.25) is 0 Å². The van der Waals surface area contributed by atoms with Gasteiger partial charge in [0.05, 0.1) is 29.8 Å². The van der Waals surface area contributed by atoms with Crippen LogP contribution in [0.15, 0.2) is 109 Å². The van der Waals surface area contributed by atoms with Crippen LogP contribution in [-0.2, 0) is 0 Å². The molecule has 0 N–H and O–H groups in total. The van der Waals surface area contributed by atoms with Gasteiger partial charge in [0.15, 0.2) is 5.82 Å². The van der Waals surface area contributed by atoms with Gasteiger partial charge in [0.1, 0.15) is 17.1 Å². The number of ether oxygens (including phenoxy) is 1. The fourth-order valence-electron chi connectivity index (χ4n) is 6.39. The van der Waals surface area contributed by atoms with Crippen LogP contribution in [0.3, 0.4) is 0 Å². The van der Waals surface area contributed by atoms with E-state index < -0.39 is 0 Å². The van der Waals surface area contributed by atoms with Gasteiger partial charge in [-0.25, -0.2) is 9.97 Å². The summed E-state index contributed by atoms with van der Waals surface area (Å²) in [7, 11) is 2.09. The van der Waals surface area contributed by atoms with E-state index >= 15 is 0 Å². The summed E-state index contributed by atoms with van der Waals surface area (Å²) in [6.07, 6.45) is 3.85. The van der Waals surface area contributed by atoms with E-state index in [1.807, 2.05) is 36.7 Å². The Labute approximate surface area is 244 Å². The van der Waals surface area contributed by atoms with Gasteiger partial charge in [-0.1, -0.05) is 42.5 Å². The Hall–Kier alpha value is -5.36. The number of pyridine rings is 2. The highest BCUT2D eigenvalue weighted by molar-refractivity contribution is 6.12. The molecule has 3 aromatic heterocycles. The molecule has 0 aliphatic carbocycles. The van der Waals surface area contributed by atoms with Crippen molar-refractivity contribution < 1.29 is 4.74 Å². The van der Waals surface area contributed by atoms with E-state index in [4.69, 9.17) is 9.72 Å². The lowest BCUT2D eigenvalue weighted by molar-refractivity contribution is 0.483. The van der Waals surface area contributed by atoms with Crippen LogP contribution in [0.25, 0.3) is 38.6 Å². The minimum atomic E-state index is 0.736. The van der Waals surface area contributed by atoms with Crippen LogP contribution in [0.2, 0.25) is 0 Å². The number of imidazole rings is 1. The zero-order chi connectivity index (χ0) is 28.4. The van der Waals surface area contributed by atoms with Gasteiger partial charge in [-0.3, -0.25) is 4.40 Å². The lowest BCUT2D eigenvalue weighted by atomic mass is 10.00. The molecule has 0 atom stereocenters. The lowest BCUT2D eigenvalue weighted by Gasteiger charge is -2.19. The van der Waals surface area contributed by atoms with Gasteiger partial charge in [-0.15, -0.1) is 0 Å². The largest absolute Gasteiger partial charge is 0.457 e. The smallest absolute Gasteiger partial charge is 0.158 e. The van der Waals surface area contributed by atoms with E-state index in [0.717, 1.165) is 63.0 Å². The topological polar surface area (TPSA) is 45.9 Å². The normalized spacial score (nSPS) is 12.9. The molecule has 0 spiro atoms. The number of anilines is 3.